The van der Waals surface area contributed by atoms with Crippen molar-refractivity contribution in [1.82, 2.24) is 9.97 Å². The number of rotatable bonds is 3. The predicted molar refractivity (Wildman–Crippen MR) is 73.7 cm³/mol. The second kappa shape index (κ2) is 5.77. The lowest BCUT2D eigenvalue weighted by Crippen LogP contribution is -2.17. The second-order valence-electron chi connectivity index (χ2n) is 4.03. The average Bonchev–Trinajstić information content (AvgIpc) is 2.49. The number of anilines is 2. The molecule has 7 heteroatoms. The fraction of sp³-hybridized carbons (Fsp3) is 0.0769. The molecular weight excluding hydrogens is 256 g/mol. The topological polar surface area (TPSA) is 117 Å². The Kier molecular flexibility index (Phi) is 3.88. The number of nitrogens with one attached hydrogen (secondary N) is 2. The summed E-state index contributed by atoms with van der Waals surface area (Å²) >= 11 is 0. The van der Waals surface area contributed by atoms with Crippen LogP contribution in [0.15, 0.2) is 30.6 Å². The maximum atomic E-state index is 12.1. The van der Waals surface area contributed by atoms with E-state index in [1.165, 1.54) is 12.4 Å². The lowest BCUT2D eigenvalue weighted by molar-refractivity contribution is 0.102. The van der Waals surface area contributed by atoms with Crippen LogP contribution in [0.2, 0.25) is 0 Å². The van der Waals surface area contributed by atoms with E-state index in [4.69, 9.17) is 11.1 Å². The zero-order valence-corrected chi connectivity index (χ0v) is 10.7. The molecule has 0 spiro atoms. The van der Waals surface area contributed by atoms with Gasteiger partial charge in [0.2, 0.25) is 0 Å². The zero-order chi connectivity index (χ0) is 14.5. The summed E-state index contributed by atoms with van der Waals surface area (Å²) in [7, 11) is 0. The quantitative estimate of drug-likeness (QED) is 0.568. The van der Waals surface area contributed by atoms with Gasteiger partial charge in [0.1, 0.15) is 5.69 Å². The third-order valence-corrected chi connectivity index (χ3v) is 2.63. The molecule has 0 aliphatic rings. The van der Waals surface area contributed by atoms with E-state index in [2.05, 4.69) is 20.7 Å². The molecule has 2 rings (SSSR count). The minimum absolute atomic E-state index is 0.127. The Morgan fingerprint density at radius 3 is 2.90 bits per heavy atom. The number of nitriles is 1. The maximum Gasteiger partial charge on any atom is 0.275 e. The monoisotopic (exact) mass is 268 g/mol. The zero-order valence-electron chi connectivity index (χ0n) is 10.7. The molecule has 0 radical (unpaired) electrons. The van der Waals surface area contributed by atoms with E-state index in [-0.39, 0.29) is 5.69 Å². The standard InChI is InChI=1S/C13H12N6O/c1-8-2-3-9(5-14)4-10(8)18-13(20)11-6-16-7-12(17-11)19-15/h2-4,6-7H,15H2,1H3,(H,17,19)(H,18,20). The summed E-state index contributed by atoms with van der Waals surface area (Å²) in [4.78, 5) is 19.9. The number of hydrazine groups is 1. The molecule has 0 unspecified atom stereocenters. The first-order valence-electron chi connectivity index (χ1n) is 5.75. The van der Waals surface area contributed by atoms with Crippen LogP contribution in [0.4, 0.5) is 11.5 Å². The molecule has 2 aromatic rings. The summed E-state index contributed by atoms with van der Waals surface area (Å²) in [5, 5.41) is 11.6. The molecule has 20 heavy (non-hydrogen) atoms. The van der Waals surface area contributed by atoms with E-state index in [0.717, 1.165) is 5.56 Å². The molecule has 0 aliphatic carbocycles. The highest BCUT2D eigenvalue weighted by Gasteiger charge is 2.11. The van der Waals surface area contributed by atoms with Crippen molar-refractivity contribution in [3.05, 3.63) is 47.4 Å². The van der Waals surface area contributed by atoms with E-state index in [9.17, 15) is 4.79 Å². The Bertz CT molecular complexity index is 692. The molecule has 0 saturated heterocycles. The van der Waals surface area contributed by atoms with Crippen molar-refractivity contribution < 1.29 is 4.79 Å². The van der Waals surface area contributed by atoms with Crippen molar-refractivity contribution in [3.8, 4) is 6.07 Å². The Hall–Kier alpha value is -2.98. The second-order valence-corrected chi connectivity index (χ2v) is 4.03. The van der Waals surface area contributed by atoms with Gasteiger partial charge in [0.25, 0.3) is 5.91 Å². The molecule has 100 valence electrons. The van der Waals surface area contributed by atoms with Crippen LogP contribution in [-0.2, 0) is 0 Å². The van der Waals surface area contributed by atoms with E-state index in [1.54, 1.807) is 18.2 Å². The van der Waals surface area contributed by atoms with E-state index in [0.29, 0.717) is 17.1 Å². The van der Waals surface area contributed by atoms with Crippen LogP contribution in [0.3, 0.4) is 0 Å². The van der Waals surface area contributed by atoms with Gasteiger partial charge in [-0.15, -0.1) is 0 Å². The molecule has 1 heterocycles. The van der Waals surface area contributed by atoms with Crippen LogP contribution < -0.4 is 16.6 Å². The summed E-state index contributed by atoms with van der Waals surface area (Å²) in [5.74, 6) is 5.08. The van der Waals surface area contributed by atoms with Crippen molar-refractivity contribution in [3.63, 3.8) is 0 Å². The first-order chi connectivity index (χ1) is 9.63. The van der Waals surface area contributed by atoms with E-state index < -0.39 is 5.91 Å². The fourth-order valence-corrected chi connectivity index (χ4v) is 1.56. The molecule has 0 atom stereocenters. The average molecular weight is 268 g/mol. The number of aromatic nitrogens is 2. The molecule has 1 aromatic carbocycles. The summed E-state index contributed by atoms with van der Waals surface area (Å²) in [6.07, 6.45) is 2.73. The third-order valence-electron chi connectivity index (χ3n) is 2.63. The van der Waals surface area contributed by atoms with Gasteiger partial charge in [0.05, 0.1) is 24.0 Å². The van der Waals surface area contributed by atoms with Crippen molar-refractivity contribution in [1.29, 1.82) is 5.26 Å². The maximum absolute atomic E-state index is 12.1. The summed E-state index contributed by atoms with van der Waals surface area (Å²) in [5.41, 5.74) is 4.32. The minimum atomic E-state index is -0.423. The Morgan fingerprint density at radius 2 is 2.20 bits per heavy atom. The van der Waals surface area contributed by atoms with Crippen LogP contribution in [0.25, 0.3) is 0 Å². The smallest absolute Gasteiger partial charge is 0.275 e. The summed E-state index contributed by atoms with van der Waals surface area (Å²) in [6, 6.07) is 7.07. The molecule has 4 N–H and O–H groups in total. The number of benzene rings is 1. The Morgan fingerprint density at radius 1 is 1.40 bits per heavy atom. The highest BCUT2D eigenvalue weighted by Crippen LogP contribution is 2.17. The highest BCUT2D eigenvalue weighted by molar-refractivity contribution is 6.03. The number of aryl methyl sites for hydroxylation is 1. The first-order valence-corrected chi connectivity index (χ1v) is 5.75. The number of nitrogens with zero attached hydrogens (tertiary/aromatic N) is 3. The number of nitrogens with two attached hydrogens (primary N) is 1. The van der Waals surface area contributed by atoms with Gasteiger partial charge in [-0.05, 0) is 24.6 Å². The molecule has 0 fully saturated rings. The largest absolute Gasteiger partial charge is 0.320 e. The molecule has 0 bridgehead atoms. The van der Waals surface area contributed by atoms with Gasteiger partial charge < -0.3 is 10.7 Å². The molecule has 0 saturated carbocycles. The van der Waals surface area contributed by atoms with Crippen molar-refractivity contribution in [2.45, 2.75) is 6.92 Å². The van der Waals surface area contributed by atoms with Gasteiger partial charge in [-0.1, -0.05) is 6.07 Å². The van der Waals surface area contributed by atoms with Gasteiger partial charge in [-0.2, -0.15) is 5.26 Å². The third kappa shape index (κ3) is 2.88. The number of nitrogen functional groups attached to an aromatic ring is 1. The lowest BCUT2D eigenvalue weighted by Gasteiger charge is -2.08. The van der Waals surface area contributed by atoms with Crippen LogP contribution in [0.5, 0.6) is 0 Å². The molecule has 1 amide bonds. The number of hydrogen-bond acceptors (Lipinski definition) is 6. The van der Waals surface area contributed by atoms with E-state index in [1.807, 2.05) is 13.0 Å². The number of amides is 1. The highest BCUT2D eigenvalue weighted by atomic mass is 16.1. The molecular formula is C13H12N6O. The summed E-state index contributed by atoms with van der Waals surface area (Å²) in [6.45, 7) is 1.83. The minimum Gasteiger partial charge on any atom is -0.320 e. The van der Waals surface area contributed by atoms with Crippen LogP contribution >= 0.6 is 0 Å². The number of hydrogen-bond donors (Lipinski definition) is 3. The van der Waals surface area contributed by atoms with Crippen molar-refractivity contribution >= 4 is 17.4 Å². The van der Waals surface area contributed by atoms with Gasteiger partial charge in [-0.25, -0.2) is 10.8 Å². The molecule has 7 nitrogen and oxygen atoms in total. The Balaban J connectivity index is 2.25. The number of carbonyl (C=O) groups is 1. The molecule has 0 aliphatic heterocycles. The van der Waals surface area contributed by atoms with Gasteiger partial charge in [-0.3, -0.25) is 9.78 Å². The van der Waals surface area contributed by atoms with E-state index >= 15 is 0 Å². The van der Waals surface area contributed by atoms with Gasteiger partial charge >= 0.3 is 0 Å². The lowest BCUT2D eigenvalue weighted by atomic mass is 10.1. The van der Waals surface area contributed by atoms with Crippen molar-refractivity contribution in [2.24, 2.45) is 5.84 Å². The van der Waals surface area contributed by atoms with Gasteiger partial charge in [0, 0.05) is 5.69 Å². The van der Waals surface area contributed by atoms with Crippen LogP contribution in [0, 0.1) is 18.3 Å². The normalized spacial score (nSPS) is 9.65. The van der Waals surface area contributed by atoms with Gasteiger partial charge in [0.15, 0.2) is 5.82 Å². The van der Waals surface area contributed by atoms with Crippen LogP contribution in [0.1, 0.15) is 21.6 Å². The van der Waals surface area contributed by atoms with Crippen LogP contribution in [-0.4, -0.2) is 15.9 Å². The van der Waals surface area contributed by atoms with Crippen molar-refractivity contribution in [2.75, 3.05) is 10.7 Å². The summed E-state index contributed by atoms with van der Waals surface area (Å²) < 4.78 is 0. The Labute approximate surface area is 115 Å². The predicted octanol–water partition coefficient (Wildman–Crippen LogP) is 1.19. The molecule has 1 aromatic heterocycles. The first kappa shape index (κ1) is 13.5. The number of carbonyl (C=O) groups excluding carboxylic acids is 1. The fourth-order valence-electron chi connectivity index (χ4n) is 1.56. The SMILES string of the molecule is Cc1ccc(C#N)cc1NC(=O)c1cncc(NN)n1.